The fraction of sp³-hybridized carbons (Fsp3) is 0.250. The van der Waals surface area contributed by atoms with Gasteiger partial charge in [0.2, 0.25) is 5.95 Å². The number of nitrogens with zero attached hydrogens (tertiary/aromatic N) is 4. The molecular weight excluding hydrogens is 422 g/mol. The van der Waals surface area contributed by atoms with Crippen LogP contribution in [0.4, 0.5) is 10.7 Å². The third kappa shape index (κ3) is 5.00. The van der Waals surface area contributed by atoms with Gasteiger partial charge in [-0.15, -0.1) is 0 Å². The van der Waals surface area contributed by atoms with Crippen LogP contribution >= 0.6 is 0 Å². The van der Waals surface area contributed by atoms with Gasteiger partial charge in [-0.25, -0.2) is 20.2 Å². The summed E-state index contributed by atoms with van der Waals surface area (Å²) in [5.41, 5.74) is 2.55. The average Bonchev–Trinajstić information content (AvgIpc) is 2.88. The fourth-order valence-electron chi connectivity index (χ4n) is 3.94. The van der Waals surface area contributed by atoms with Crippen LogP contribution in [0.15, 0.2) is 73.1 Å². The van der Waals surface area contributed by atoms with Crippen LogP contribution in [0, 0.1) is 0 Å². The summed E-state index contributed by atoms with van der Waals surface area (Å²) in [6.07, 6.45) is 4.00. The molecule has 4 rings (SSSR count). The fourth-order valence-corrected chi connectivity index (χ4v) is 3.94. The molecule has 170 valence electrons. The van der Waals surface area contributed by atoms with E-state index in [1.165, 1.54) is 4.90 Å². The molecule has 0 aliphatic carbocycles. The summed E-state index contributed by atoms with van der Waals surface area (Å²) in [5, 5.41) is 19.9. The van der Waals surface area contributed by atoms with E-state index >= 15 is 0 Å². The van der Waals surface area contributed by atoms with Crippen molar-refractivity contribution < 1.29 is 19.9 Å². The van der Waals surface area contributed by atoms with Crippen molar-refractivity contribution in [3.05, 3.63) is 89.7 Å². The molecule has 2 aromatic carbocycles. The van der Waals surface area contributed by atoms with E-state index < -0.39 is 11.5 Å². The van der Waals surface area contributed by atoms with Crippen LogP contribution in [0.5, 0.6) is 0 Å². The van der Waals surface area contributed by atoms with Crippen molar-refractivity contribution in [1.29, 1.82) is 0 Å². The number of urea groups is 1. The van der Waals surface area contributed by atoms with Gasteiger partial charge in [-0.1, -0.05) is 42.5 Å². The van der Waals surface area contributed by atoms with Crippen LogP contribution in [0.2, 0.25) is 0 Å². The van der Waals surface area contributed by atoms with E-state index in [4.69, 9.17) is 5.21 Å². The summed E-state index contributed by atoms with van der Waals surface area (Å²) in [4.78, 5) is 36.7. The van der Waals surface area contributed by atoms with Gasteiger partial charge in [0.05, 0.1) is 12.1 Å². The summed E-state index contributed by atoms with van der Waals surface area (Å²) >= 11 is 0. The number of hydroxylamine groups is 1. The van der Waals surface area contributed by atoms with Gasteiger partial charge in [0, 0.05) is 31.0 Å². The molecule has 3 amide bonds. The second-order valence-electron chi connectivity index (χ2n) is 7.94. The molecule has 0 spiro atoms. The Balaban J connectivity index is 1.51. The first-order valence-electron chi connectivity index (χ1n) is 10.6. The Labute approximate surface area is 191 Å². The Morgan fingerprint density at radius 3 is 2.21 bits per heavy atom. The maximum atomic E-state index is 13.5. The number of piperidine rings is 1. The second kappa shape index (κ2) is 9.76. The number of hydrogen-bond acceptors (Lipinski definition) is 6. The van der Waals surface area contributed by atoms with Gasteiger partial charge in [0.1, 0.15) is 0 Å². The van der Waals surface area contributed by atoms with E-state index in [-0.39, 0.29) is 18.5 Å². The highest BCUT2D eigenvalue weighted by Gasteiger charge is 2.37. The van der Waals surface area contributed by atoms with Gasteiger partial charge < -0.3 is 10.0 Å². The van der Waals surface area contributed by atoms with Crippen LogP contribution in [0.1, 0.15) is 34.3 Å². The monoisotopic (exact) mass is 447 g/mol. The highest BCUT2D eigenvalue weighted by Crippen LogP contribution is 2.33. The first-order chi connectivity index (χ1) is 16.0. The zero-order valence-electron chi connectivity index (χ0n) is 18.0. The van der Waals surface area contributed by atoms with Crippen molar-refractivity contribution in [2.75, 3.05) is 18.0 Å². The lowest BCUT2D eigenvalue weighted by Crippen LogP contribution is -2.50. The molecule has 1 aliphatic heterocycles. The predicted molar refractivity (Wildman–Crippen MR) is 120 cm³/mol. The van der Waals surface area contributed by atoms with Crippen molar-refractivity contribution in [1.82, 2.24) is 20.3 Å². The molecule has 0 unspecified atom stereocenters. The van der Waals surface area contributed by atoms with Gasteiger partial charge in [-0.05, 0) is 42.2 Å². The number of aromatic nitrogens is 2. The molecule has 0 atom stereocenters. The highest BCUT2D eigenvalue weighted by molar-refractivity contribution is 5.93. The van der Waals surface area contributed by atoms with E-state index in [2.05, 4.69) is 9.97 Å². The lowest BCUT2D eigenvalue weighted by Gasteiger charge is -2.40. The zero-order valence-corrected chi connectivity index (χ0v) is 18.0. The Bertz CT molecular complexity index is 1080. The number of nitrogens with one attached hydrogen (secondary N) is 1. The molecule has 0 saturated carbocycles. The number of benzene rings is 2. The Morgan fingerprint density at radius 2 is 1.61 bits per heavy atom. The van der Waals surface area contributed by atoms with E-state index in [0.29, 0.717) is 31.5 Å². The van der Waals surface area contributed by atoms with E-state index in [0.717, 1.165) is 11.1 Å². The number of aliphatic hydroxyl groups is 1. The van der Waals surface area contributed by atoms with Crippen LogP contribution in [-0.2, 0) is 12.1 Å². The summed E-state index contributed by atoms with van der Waals surface area (Å²) in [5.74, 6) is -0.344. The Morgan fingerprint density at radius 1 is 0.970 bits per heavy atom. The van der Waals surface area contributed by atoms with Crippen molar-refractivity contribution in [2.45, 2.75) is 25.0 Å². The molecule has 1 fully saturated rings. The van der Waals surface area contributed by atoms with Crippen LogP contribution < -0.4 is 10.4 Å². The molecule has 1 aromatic heterocycles. The molecule has 9 nitrogen and oxygen atoms in total. The van der Waals surface area contributed by atoms with Gasteiger partial charge >= 0.3 is 6.03 Å². The standard InChI is InChI=1S/C24H25N5O4/c30-21(27-33)19-9-7-18(8-10-19)17-29(22-25-13-4-14-26-22)23(31)28-15-11-24(32,12-16-28)20-5-2-1-3-6-20/h1-10,13-14,32-33H,11-12,15-17H2,(H,27,30). The molecular formula is C24H25N5O4. The smallest absolute Gasteiger partial charge is 0.327 e. The van der Waals surface area contributed by atoms with Crippen molar-refractivity contribution in [3.63, 3.8) is 0 Å². The number of carbonyl (C=O) groups excluding carboxylic acids is 2. The lowest BCUT2D eigenvalue weighted by molar-refractivity contribution is -0.0162. The SMILES string of the molecule is O=C(NO)c1ccc(CN(C(=O)N2CCC(O)(c3ccccc3)CC2)c2ncccn2)cc1. The number of carbonyl (C=O) groups is 2. The predicted octanol–water partition coefficient (Wildman–Crippen LogP) is 2.71. The summed E-state index contributed by atoms with van der Waals surface area (Å²) in [6.45, 7) is 0.982. The zero-order chi connectivity index (χ0) is 23.3. The van der Waals surface area contributed by atoms with E-state index in [9.17, 15) is 14.7 Å². The van der Waals surface area contributed by atoms with Gasteiger partial charge in [-0.2, -0.15) is 0 Å². The first kappa shape index (κ1) is 22.4. The van der Waals surface area contributed by atoms with Crippen LogP contribution in [-0.4, -0.2) is 50.2 Å². The molecule has 1 aliphatic rings. The quantitative estimate of drug-likeness (QED) is 0.409. The Kier molecular flexibility index (Phi) is 6.62. The van der Waals surface area contributed by atoms with E-state index in [1.807, 2.05) is 30.3 Å². The lowest BCUT2D eigenvalue weighted by atomic mass is 9.84. The number of likely N-dealkylation sites (tertiary alicyclic amines) is 1. The number of rotatable bonds is 5. The molecule has 0 radical (unpaired) electrons. The Hall–Kier alpha value is -3.82. The van der Waals surface area contributed by atoms with Gasteiger partial charge in [0.25, 0.3) is 5.91 Å². The molecule has 9 heteroatoms. The van der Waals surface area contributed by atoms with Gasteiger partial charge in [0.15, 0.2) is 0 Å². The molecule has 33 heavy (non-hydrogen) atoms. The maximum Gasteiger partial charge on any atom is 0.327 e. The minimum atomic E-state index is -0.963. The average molecular weight is 447 g/mol. The maximum absolute atomic E-state index is 13.5. The normalized spacial score (nSPS) is 15.0. The molecule has 2 heterocycles. The van der Waals surface area contributed by atoms with Crippen LogP contribution in [0.25, 0.3) is 0 Å². The topological polar surface area (TPSA) is 119 Å². The largest absolute Gasteiger partial charge is 0.385 e. The summed E-state index contributed by atoms with van der Waals surface area (Å²) in [6, 6.07) is 17.5. The molecule has 3 N–H and O–H groups in total. The molecule has 0 bridgehead atoms. The van der Waals surface area contributed by atoms with Crippen molar-refractivity contribution in [2.24, 2.45) is 0 Å². The number of hydrogen-bond donors (Lipinski definition) is 3. The summed E-state index contributed by atoms with van der Waals surface area (Å²) < 4.78 is 0. The van der Waals surface area contributed by atoms with Crippen molar-refractivity contribution in [3.8, 4) is 0 Å². The van der Waals surface area contributed by atoms with E-state index in [1.54, 1.807) is 53.1 Å². The number of anilines is 1. The molecule has 1 saturated heterocycles. The number of amides is 3. The molecule has 3 aromatic rings. The minimum Gasteiger partial charge on any atom is -0.385 e. The second-order valence-corrected chi connectivity index (χ2v) is 7.94. The first-order valence-corrected chi connectivity index (χ1v) is 10.6. The highest BCUT2D eigenvalue weighted by atomic mass is 16.5. The van der Waals surface area contributed by atoms with Crippen LogP contribution in [0.3, 0.4) is 0 Å². The third-order valence-electron chi connectivity index (χ3n) is 5.86. The summed E-state index contributed by atoms with van der Waals surface area (Å²) in [7, 11) is 0. The van der Waals surface area contributed by atoms with Crippen molar-refractivity contribution >= 4 is 17.9 Å². The minimum absolute atomic E-state index is 0.198. The van der Waals surface area contributed by atoms with Gasteiger partial charge in [-0.3, -0.25) is 14.9 Å². The third-order valence-corrected chi connectivity index (χ3v) is 5.86.